The van der Waals surface area contributed by atoms with Crippen molar-refractivity contribution in [2.24, 2.45) is 0 Å². The van der Waals surface area contributed by atoms with Crippen molar-refractivity contribution >= 4 is 34.1 Å². The van der Waals surface area contributed by atoms with E-state index in [0.717, 1.165) is 16.7 Å². The summed E-state index contributed by atoms with van der Waals surface area (Å²) in [6, 6.07) is 14.5. The Kier molecular flexibility index (Phi) is 4.53. The van der Waals surface area contributed by atoms with E-state index in [4.69, 9.17) is 16.3 Å². The SMILES string of the molecule is COc1ccc2nc(C)c(C(=O)NNc3cccc(Cl)c3)cc2c1. The van der Waals surface area contributed by atoms with Crippen LogP contribution < -0.4 is 15.6 Å². The molecule has 1 aromatic heterocycles. The number of hydrogen-bond donors (Lipinski definition) is 2. The summed E-state index contributed by atoms with van der Waals surface area (Å²) >= 11 is 5.92. The molecule has 0 bridgehead atoms. The first-order chi connectivity index (χ1) is 11.6. The molecule has 0 unspecified atom stereocenters. The number of amides is 1. The van der Waals surface area contributed by atoms with E-state index in [-0.39, 0.29) is 5.91 Å². The van der Waals surface area contributed by atoms with E-state index in [1.54, 1.807) is 38.3 Å². The minimum atomic E-state index is -0.273. The topological polar surface area (TPSA) is 63.2 Å². The summed E-state index contributed by atoms with van der Waals surface area (Å²) < 4.78 is 5.22. The average Bonchev–Trinajstić information content (AvgIpc) is 2.58. The highest BCUT2D eigenvalue weighted by Crippen LogP contribution is 2.22. The molecule has 1 amide bonds. The van der Waals surface area contributed by atoms with Crippen molar-refractivity contribution in [3.63, 3.8) is 0 Å². The number of aromatic nitrogens is 1. The second kappa shape index (κ2) is 6.76. The lowest BCUT2D eigenvalue weighted by Gasteiger charge is -2.11. The van der Waals surface area contributed by atoms with Gasteiger partial charge in [-0.2, -0.15) is 0 Å². The Hall–Kier alpha value is -2.79. The number of carbonyl (C=O) groups excluding carboxylic acids is 1. The third-order valence-electron chi connectivity index (χ3n) is 3.60. The second-order valence-corrected chi connectivity index (χ2v) is 5.71. The number of benzene rings is 2. The number of pyridine rings is 1. The van der Waals surface area contributed by atoms with Gasteiger partial charge in [-0.15, -0.1) is 0 Å². The Balaban J connectivity index is 1.84. The zero-order valence-corrected chi connectivity index (χ0v) is 14.0. The van der Waals surface area contributed by atoms with E-state index in [1.165, 1.54) is 0 Å². The molecule has 3 rings (SSSR count). The molecule has 0 atom stereocenters. The van der Waals surface area contributed by atoms with Gasteiger partial charge >= 0.3 is 0 Å². The van der Waals surface area contributed by atoms with E-state index in [1.807, 2.05) is 24.3 Å². The van der Waals surface area contributed by atoms with Crippen LogP contribution in [0.5, 0.6) is 5.75 Å². The summed E-state index contributed by atoms with van der Waals surface area (Å²) in [5.41, 5.74) is 8.16. The number of rotatable bonds is 4. The number of halogens is 1. The van der Waals surface area contributed by atoms with Gasteiger partial charge in [0, 0.05) is 10.4 Å². The van der Waals surface area contributed by atoms with Gasteiger partial charge in [0.15, 0.2) is 0 Å². The maximum absolute atomic E-state index is 12.4. The summed E-state index contributed by atoms with van der Waals surface area (Å²) in [6.07, 6.45) is 0. The highest BCUT2D eigenvalue weighted by molar-refractivity contribution is 6.30. The maximum Gasteiger partial charge on any atom is 0.271 e. The van der Waals surface area contributed by atoms with Gasteiger partial charge in [0.2, 0.25) is 0 Å². The van der Waals surface area contributed by atoms with Crippen molar-refractivity contribution in [2.45, 2.75) is 6.92 Å². The van der Waals surface area contributed by atoms with Crippen LogP contribution in [0, 0.1) is 6.92 Å². The molecule has 2 aromatic carbocycles. The molecule has 0 saturated heterocycles. The smallest absolute Gasteiger partial charge is 0.271 e. The Morgan fingerprint density at radius 1 is 1.17 bits per heavy atom. The van der Waals surface area contributed by atoms with E-state index < -0.39 is 0 Å². The highest BCUT2D eigenvalue weighted by Gasteiger charge is 2.12. The molecule has 5 nitrogen and oxygen atoms in total. The van der Waals surface area contributed by atoms with Crippen molar-refractivity contribution in [3.05, 3.63) is 64.8 Å². The Bertz CT molecular complexity index is 912. The number of nitrogens with zero attached hydrogens (tertiary/aromatic N) is 1. The van der Waals surface area contributed by atoms with Crippen LogP contribution in [0.15, 0.2) is 48.5 Å². The lowest BCUT2D eigenvalue weighted by Crippen LogP contribution is -2.30. The van der Waals surface area contributed by atoms with Crippen molar-refractivity contribution in [2.75, 3.05) is 12.5 Å². The molecule has 0 radical (unpaired) electrons. The molecular weight excluding hydrogens is 326 g/mol. The molecule has 0 spiro atoms. The largest absolute Gasteiger partial charge is 0.497 e. The van der Waals surface area contributed by atoms with Gasteiger partial charge in [-0.1, -0.05) is 17.7 Å². The molecule has 0 aliphatic heterocycles. The first kappa shape index (κ1) is 16.1. The number of nitrogens with one attached hydrogen (secondary N) is 2. The standard InChI is InChI=1S/C18H16ClN3O2/c1-11-16(9-12-8-15(24-2)6-7-17(12)20-11)18(23)22-21-14-5-3-4-13(19)10-14/h3-10,21H,1-2H3,(H,22,23). The third kappa shape index (κ3) is 3.41. The van der Waals surface area contributed by atoms with Crippen LogP contribution in [0.25, 0.3) is 10.9 Å². The molecule has 0 fully saturated rings. The van der Waals surface area contributed by atoms with E-state index in [9.17, 15) is 4.79 Å². The van der Waals surface area contributed by atoms with Crippen LogP contribution in [0.1, 0.15) is 16.1 Å². The Morgan fingerprint density at radius 3 is 2.75 bits per heavy atom. The number of fused-ring (bicyclic) bond motifs is 1. The summed E-state index contributed by atoms with van der Waals surface area (Å²) in [6.45, 7) is 1.80. The normalized spacial score (nSPS) is 10.5. The number of aryl methyl sites for hydroxylation is 1. The van der Waals surface area contributed by atoms with Gasteiger partial charge in [0.05, 0.1) is 29.6 Å². The fraction of sp³-hybridized carbons (Fsp3) is 0.111. The summed E-state index contributed by atoms with van der Waals surface area (Å²) in [5, 5.41) is 1.43. The average molecular weight is 342 g/mol. The molecule has 0 aliphatic carbocycles. The zero-order valence-electron chi connectivity index (χ0n) is 13.3. The van der Waals surface area contributed by atoms with E-state index in [0.29, 0.717) is 22.0 Å². The van der Waals surface area contributed by atoms with Crippen LogP contribution in [-0.2, 0) is 0 Å². The van der Waals surface area contributed by atoms with Crippen LogP contribution in [-0.4, -0.2) is 18.0 Å². The first-order valence-corrected chi connectivity index (χ1v) is 7.72. The molecule has 24 heavy (non-hydrogen) atoms. The summed E-state index contributed by atoms with van der Waals surface area (Å²) in [5.74, 6) is 0.446. The maximum atomic E-state index is 12.4. The molecule has 3 aromatic rings. The third-order valence-corrected chi connectivity index (χ3v) is 3.84. The van der Waals surface area contributed by atoms with Gasteiger partial charge in [-0.05, 0) is 49.4 Å². The monoisotopic (exact) mass is 341 g/mol. The van der Waals surface area contributed by atoms with Crippen molar-refractivity contribution in [1.82, 2.24) is 10.4 Å². The fourth-order valence-corrected chi connectivity index (χ4v) is 2.56. The van der Waals surface area contributed by atoms with Crippen molar-refractivity contribution < 1.29 is 9.53 Å². The molecule has 6 heteroatoms. The predicted molar refractivity (Wildman–Crippen MR) is 95.6 cm³/mol. The zero-order chi connectivity index (χ0) is 17.1. The van der Waals surface area contributed by atoms with E-state index in [2.05, 4.69) is 15.8 Å². The molecule has 0 saturated carbocycles. The lowest BCUT2D eigenvalue weighted by molar-refractivity contribution is 0.0962. The fourth-order valence-electron chi connectivity index (χ4n) is 2.37. The first-order valence-electron chi connectivity index (χ1n) is 7.34. The lowest BCUT2D eigenvalue weighted by atomic mass is 10.1. The number of methoxy groups -OCH3 is 1. The van der Waals surface area contributed by atoms with Crippen LogP contribution >= 0.6 is 11.6 Å². The van der Waals surface area contributed by atoms with Gasteiger partial charge in [0.25, 0.3) is 5.91 Å². The number of hydrazine groups is 1. The Labute approximate surface area is 144 Å². The molecular formula is C18H16ClN3O2. The quantitative estimate of drug-likeness (QED) is 0.705. The predicted octanol–water partition coefficient (Wildman–Crippen LogP) is 3.96. The number of ether oxygens (including phenoxy) is 1. The number of anilines is 1. The molecule has 1 heterocycles. The van der Waals surface area contributed by atoms with Gasteiger partial charge in [-0.3, -0.25) is 20.6 Å². The van der Waals surface area contributed by atoms with E-state index >= 15 is 0 Å². The minimum absolute atomic E-state index is 0.273. The molecule has 2 N–H and O–H groups in total. The summed E-state index contributed by atoms with van der Waals surface area (Å²) in [7, 11) is 1.60. The minimum Gasteiger partial charge on any atom is -0.497 e. The van der Waals surface area contributed by atoms with Crippen LogP contribution in [0.4, 0.5) is 5.69 Å². The molecule has 0 aliphatic rings. The van der Waals surface area contributed by atoms with Crippen LogP contribution in [0.2, 0.25) is 5.02 Å². The van der Waals surface area contributed by atoms with Crippen molar-refractivity contribution in [3.8, 4) is 5.75 Å². The van der Waals surface area contributed by atoms with Gasteiger partial charge in [0.1, 0.15) is 5.75 Å². The highest BCUT2D eigenvalue weighted by atomic mass is 35.5. The van der Waals surface area contributed by atoms with Gasteiger partial charge < -0.3 is 4.74 Å². The van der Waals surface area contributed by atoms with Crippen molar-refractivity contribution in [1.29, 1.82) is 0 Å². The van der Waals surface area contributed by atoms with Gasteiger partial charge in [-0.25, -0.2) is 0 Å². The van der Waals surface area contributed by atoms with Crippen LogP contribution in [0.3, 0.4) is 0 Å². The number of hydrogen-bond acceptors (Lipinski definition) is 4. The number of carbonyl (C=O) groups is 1. The Morgan fingerprint density at radius 2 is 2.00 bits per heavy atom. The molecule has 122 valence electrons. The summed E-state index contributed by atoms with van der Waals surface area (Å²) in [4.78, 5) is 16.9. The second-order valence-electron chi connectivity index (χ2n) is 5.27.